The Morgan fingerprint density at radius 2 is 1.90 bits per heavy atom. The van der Waals surface area contributed by atoms with Crippen molar-refractivity contribution in [3.63, 3.8) is 0 Å². The third-order valence-corrected chi connectivity index (χ3v) is 5.62. The van der Waals surface area contributed by atoms with Crippen molar-refractivity contribution >= 4 is 16.6 Å². The van der Waals surface area contributed by atoms with Gasteiger partial charge in [0.05, 0.1) is 24.6 Å². The van der Waals surface area contributed by atoms with Crippen molar-refractivity contribution in [2.75, 3.05) is 46.2 Å². The van der Waals surface area contributed by atoms with Gasteiger partial charge >= 0.3 is 0 Å². The Bertz CT molecular complexity index is 1050. The monoisotopic (exact) mass is 426 g/mol. The molecule has 1 aliphatic heterocycles. The number of piperidine rings is 1. The maximum absolute atomic E-state index is 14.4. The third kappa shape index (κ3) is 4.80. The molecule has 4 rings (SSSR count). The summed E-state index contributed by atoms with van der Waals surface area (Å²) in [5.74, 6) is 1.55. The number of hydrogen-bond acceptors (Lipinski definition) is 7. The predicted octanol–water partition coefficient (Wildman–Crippen LogP) is 4.33. The van der Waals surface area contributed by atoms with Crippen LogP contribution in [-0.4, -0.2) is 55.8 Å². The van der Waals surface area contributed by atoms with Crippen molar-refractivity contribution in [3.8, 4) is 23.1 Å². The van der Waals surface area contributed by atoms with Gasteiger partial charge in [0.25, 0.3) is 0 Å². The van der Waals surface area contributed by atoms with E-state index in [2.05, 4.69) is 27.2 Å². The van der Waals surface area contributed by atoms with Crippen LogP contribution < -0.4 is 19.5 Å². The number of rotatable bonds is 7. The number of halogens is 1. The molecule has 1 fully saturated rings. The molecule has 0 spiro atoms. The van der Waals surface area contributed by atoms with Gasteiger partial charge in [-0.2, -0.15) is 0 Å². The molecule has 1 saturated heterocycles. The minimum atomic E-state index is -0.481. The molecule has 1 aliphatic rings. The van der Waals surface area contributed by atoms with Gasteiger partial charge in [-0.1, -0.05) is 0 Å². The Labute approximate surface area is 181 Å². The van der Waals surface area contributed by atoms with Gasteiger partial charge in [0.2, 0.25) is 5.88 Å². The van der Waals surface area contributed by atoms with E-state index >= 15 is 0 Å². The second kappa shape index (κ2) is 9.34. The van der Waals surface area contributed by atoms with Crippen LogP contribution in [0.3, 0.4) is 0 Å². The van der Waals surface area contributed by atoms with E-state index in [1.54, 1.807) is 38.4 Å². The van der Waals surface area contributed by atoms with Gasteiger partial charge in [-0.15, -0.1) is 0 Å². The van der Waals surface area contributed by atoms with Crippen molar-refractivity contribution in [1.29, 1.82) is 0 Å². The van der Waals surface area contributed by atoms with Gasteiger partial charge in [-0.05, 0) is 57.1 Å². The zero-order chi connectivity index (χ0) is 21.8. The van der Waals surface area contributed by atoms with Crippen molar-refractivity contribution in [1.82, 2.24) is 14.9 Å². The molecule has 0 aliphatic carbocycles. The minimum absolute atomic E-state index is 0.0867. The molecule has 8 heteroatoms. The van der Waals surface area contributed by atoms with Gasteiger partial charge in [0.15, 0.2) is 23.1 Å². The van der Waals surface area contributed by atoms with Crippen LogP contribution in [-0.2, 0) is 0 Å². The number of benzene rings is 2. The quantitative estimate of drug-likeness (QED) is 0.603. The van der Waals surface area contributed by atoms with Crippen molar-refractivity contribution in [2.24, 2.45) is 5.92 Å². The van der Waals surface area contributed by atoms with E-state index in [9.17, 15) is 4.39 Å². The van der Waals surface area contributed by atoms with Gasteiger partial charge in [-0.3, -0.25) is 0 Å². The lowest BCUT2D eigenvalue weighted by Gasteiger charge is -2.28. The highest BCUT2D eigenvalue weighted by Crippen LogP contribution is 2.37. The molecule has 1 aromatic heterocycles. The summed E-state index contributed by atoms with van der Waals surface area (Å²) in [7, 11) is 5.47. The summed E-state index contributed by atoms with van der Waals surface area (Å²) >= 11 is 0. The molecule has 0 atom stereocenters. The number of fused-ring (bicyclic) bond motifs is 1. The fourth-order valence-electron chi connectivity index (χ4n) is 3.67. The highest BCUT2D eigenvalue weighted by molar-refractivity contribution is 5.87. The second-order valence-corrected chi connectivity index (χ2v) is 7.75. The van der Waals surface area contributed by atoms with Crippen LogP contribution in [0.5, 0.6) is 23.1 Å². The van der Waals surface area contributed by atoms with Crippen LogP contribution in [0.2, 0.25) is 0 Å². The van der Waals surface area contributed by atoms with Crippen LogP contribution >= 0.6 is 0 Å². The molecule has 7 nitrogen and oxygen atoms in total. The molecule has 2 heterocycles. The zero-order valence-corrected chi connectivity index (χ0v) is 18.0. The van der Waals surface area contributed by atoms with Crippen LogP contribution in [0.15, 0.2) is 36.7 Å². The van der Waals surface area contributed by atoms with E-state index in [1.807, 2.05) is 0 Å². The Hall–Kier alpha value is -3.13. The third-order valence-electron chi connectivity index (χ3n) is 5.62. The largest absolute Gasteiger partial charge is 0.493 e. The topological polar surface area (TPSA) is 68.7 Å². The molecule has 164 valence electrons. The Morgan fingerprint density at radius 1 is 1.10 bits per heavy atom. The fraction of sp³-hybridized carbons (Fsp3) is 0.391. The summed E-state index contributed by atoms with van der Waals surface area (Å²) in [5, 5.41) is 3.52. The SMILES string of the molecule is CNc1ccc(Oc2ncnc3cc(OC)c(OCC4CCN(C)CC4)cc23)c(F)c1. The molecule has 0 saturated carbocycles. The minimum Gasteiger partial charge on any atom is -0.493 e. The summed E-state index contributed by atoms with van der Waals surface area (Å²) in [6.07, 6.45) is 3.59. The molecule has 3 aromatic rings. The van der Waals surface area contributed by atoms with Crippen molar-refractivity contribution in [2.45, 2.75) is 12.8 Å². The lowest BCUT2D eigenvalue weighted by atomic mass is 9.98. The second-order valence-electron chi connectivity index (χ2n) is 7.75. The number of aromatic nitrogens is 2. The summed E-state index contributed by atoms with van der Waals surface area (Å²) in [6, 6.07) is 8.27. The highest BCUT2D eigenvalue weighted by atomic mass is 19.1. The number of nitrogens with zero attached hydrogens (tertiary/aromatic N) is 3. The van der Waals surface area contributed by atoms with Crippen molar-refractivity contribution in [3.05, 3.63) is 42.5 Å². The van der Waals surface area contributed by atoms with E-state index in [0.717, 1.165) is 25.9 Å². The lowest BCUT2D eigenvalue weighted by Crippen LogP contribution is -2.32. The van der Waals surface area contributed by atoms with Gasteiger partial charge in [0, 0.05) is 24.9 Å². The highest BCUT2D eigenvalue weighted by Gasteiger charge is 2.19. The number of anilines is 1. The van der Waals surface area contributed by atoms with E-state index in [0.29, 0.717) is 40.6 Å². The maximum atomic E-state index is 14.4. The van der Waals surface area contributed by atoms with E-state index in [-0.39, 0.29) is 11.6 Å². The Balaban J connectivity index is 1.60. The summed E-state index contributed by atoms with van der Waals surface area (Å²) in [6.45, 7) is 2.76. The Morgan fingerprint density at radius 3 is 2.61 bits per heavy atom. The van der Waals surface area contributed by atoms with Crippen LogP contribution in [0, 0.1) is 11.7 Å². The molecule has 2 aromatic carbocycles. The number of hydrogen-bond donors (Lipinski definition) is 1. The van der Waals surface area contributed by atoms with E-state index in [1.165, 1.54) is 12.4 Å². The lowest BCUT2D eigenvalue weighted by molar-refractivity contribution is 0.157. The maximum Gasteiger partial charge on any atom is 0.230 e. The van der Waals surface area contributed by atoms with Crippen LogP contribution in [0.4, 0.5) is 10.1 Å². The van der Waals surface area contributed by atoms with Gasteiger partial charge in [0.1, 0.15) is 6.33 Å². The first kappa shape index (κ1) is 21.1. The average molecular weight is 426 g/mol. The average Bonchev–Trinajstić information content (AvgIpc) is 2.79. The molecule has 31 heavy (non-hydrogen) atoms. The Kier molecular flexibility index (Phi) is 6.36. The van der Waals surface area contributed by atoms with Gasteiger partial charge < -0.3 is 24.4 Å². The normalized spacial score (nSPS) is 15.1. The number of nitrogens with one attached hydrogen (secondary N) is 1. The summed E-state index contributed by atoms with van der Waals surface area (Å²) in [4.78, 5) is 10.9. The zero-order valence-electron chi connectivity index (χ0n) is 18.0. The molecule has 0 unspecified atom stereocenters. The molecular formula is C23H27FN4O3. The predicted molar refractivity (Wildman–Crippen MR) is 118 cm³/mol. The molecule has 0 amide bonds. The molecule has 0 radical (unpaired) electrons. The van der Waals surface area contributed by atoms with E-state index < -0.39 is 5.82 Å². The summed E-state index contributed by atoms with van der Waals surface area (Å²) in [5.41, 5.74) is 1.28. The van der Waals surface area contributed by atoms with Crippen LogP contribution in [0.1, 0.15) is 12.8 Å². The number of likely N-dealkylation sites (tertiary alicyclic amines) is 1. The molecule has 0 bridgehead atoms. The standard InChI is InChI=1S/C23H27FN4O3/c1-25-16-4-5-20(18(24)10-16)31-23-17-11-22(21(29-3)12-19(17)26-14-27-23)30-13-15-6-8-28(2)9-7-15/h4-5,10-12,14-15,25H,6-9,13H2,1-3H3. The first-order valence-corrected chi connectivity index (χ1v) is 10.4. The first-order chi connectivity index (χ1) is 15.1. The number of ether oxygens (including phenoxy) is 3. The fourth-order valence-corrected chi connectivity index (χ4v) is 3.67. The van der Waals surface area contributed by atoms with Crippen LogP contribution in [0.25, 0.3) is 10.9 Å². The summed E-state index contributed by atoms with van der Waals surface area (Å²) < 4.78 is 31.9. The first-order valence-electron chi connectivity index (χ1n) is 10.4. The smallest absolute Gasteiger partial charge is 0.230 e. The van der Waals surface area contributed by atoms with E-state index in [4.69, 9.17) is 14.2 Å². The van der Waals surface area contributed by atoms with Crippen molar-refractivity contribution < 1.29 is 18.6 Å². The molecular weight excluding hydrogens is 399 g/mol. The number of methoxy groups -OCH3 is 1. The van der Waals surface area contributed by atoms with Gasteiger partial charge in [-0.25, -0.2) is 14.4 Å². The molecule has 1 N–H and O–H groups in total.